The summed E-state index contributed by atoms with van der Waals surface area (Å²) in [7, 11) is 1.61. The highest BCUT2D eigenvalue weighted by molar-refractivity contribution is 5.88. The summed E-state index contributed by atoms with van der Waals surface area (Å²) in [4.78, 5) is 27.3. The van der Waals surface area contributed by atoms with E-state index >= 15 is 0 Å². The van der Waals surface area contributed by atoms with Gasteiger partial charge in [0, 0.05) is 12.6 Å². The van der Waals surface area contributed by atoms with Gasteiger partial charge in [0.05, 0.1) is 13.5 Å². The molecule has 0 spiro atoms. The fraction of sp³-hybridized carbons (Fsp3) is 0.391. The minimum Gasteiger partial charge on any atom is -0.497 e. The van der Waals surface area contributed by atoms with Crippen LogP contribution in [0.2, 0.25) is 0 Å². The molecule has 150 valence electrons. The van der Waals surface area contributed by atoms with Crippen molar-refractivity contribution in [3.63, 3.8) is 0 Å². The Morgan fingerprint density at radius 2 is 1.54 bits per heavy atom. The quantitative estimate of drug-likeness (QED) is 0.760. The number of nitrogens with zero attached hydrogens (tertiary/aromatic N) is 1. The van der Waals surface area contributed by atoms with Crippen LogP contribution in [0, 0.1) is 6.92 Å². The highest BCUT2D eigenvalue weighted by Crippen LogP contribution is 2.16. The summed E-state index contributed by atoms with van der Waals surface area (Å²) in [5.41, 5.74) is 3.04. The lowest BCUT2D eigenvalue weighted by atomic mass is 10.1. The lowest BCUT2D eigenvalue weighted by Crippen LogP contribution is -2.49. The third-order valence-corrected chi connectivity index (χ3v) is 4.59. The maximum atomic E-state index is 13.1. The molecule has 2 aromatic carbocycles. The van der Waals surface area contributed by atoms with E-state index in [0.29, 0.717) is 6.54 Å². The molecule has 0 aromatic heterocycles. The van der Waals surface area contributed by atoms with E-state index in [0.717, 1.165) is 22.4 Å². The monoisotopic (exact) mass is 382 g/mol. The molecule has 28 heavy (non-hydrogen) atoms. The summed E-state index contributed by atoms with van der Waals surface area (Å²) < 4.78 is 5.17. The van der Waals surface area contributed by atoms with E-state index in [1.54, 1.807) is 18.9 Å². The molecule has 5 heteroatoms. The van der Waals surface area contributed by atoms with E-state index < -0.39 is 6.04 Å². The fourth-order valence-electron chi connectivity index (χ4n) is 2.90. The second-order valence-electron chi connectivity index (χ2n) is 7.37. The van der Waals surface area contributed by atoms with Crippen molar-refractivity contribution < 1.29 is 14.3 Å². The highest BCUT2D eigenvalue weighted by Gasteiger charge is 2.26. The van der Waals surface area contributed by atoms with E-state index in [2.05, 4.69) is 5.32 Å². The van der Waals surface area contributed by atoms with E-state index in [1.807, 2.05) is 69.3 Å². The van der Waals surface area contributed by atoms with Crippen molar-refractivity contribution in [2.45, 2.75) is 52.7 Å². The van der Waals surface area contributed by atoms with Crippen molar-refractivity contribution in [1.29, 1.82) is 0 Å². The second kappa shape index (κ2) is 9.93. The van der Waals surface area contributed by atoms with Gasteiger partial charge in [-0.25, -0.2) is 0 Å². The van der Waals surface area contributed by atoms with Gasteiger partial charge in [-0.15, -0.1) is 0 Å². The highest BCUT2D eigenvalue weighted by atomic mass is 16.5. The Hall–Kier alpha value is -2.82. The van der Waals surface area contributed by atoms with Crippen molar-refractivity contribution in [2.24, 2.45) is 0 Å². The summed E-state index contributed by atoms with van der Waals surface area (Å²) in [6.07, 6.45) is 0.231. The summed E-state index contributed by atoms with van der Waals surface area (Å²) in [6.45, 7) is 8.01. The minimum atomic E-state index is -0.561. The summed E-state index contributed by atoms with van der Waals surface area (Å²) >= 11 is 0. The molecule has 0 radical (unpaired) electrons. The van der Waals surface area contributed by atoms with Gasteiger partial charge in [-0.2, -0.15) is 0 Å². The third-order valence-electron chi connectivity index (χ3n) is 4.59. The topological polar surface area (TPSA) is 58.6 Å². The average molecular weight is 383 g/mol. The number of methoxy groups -OCH3 is 1. The summed E-state index contributed by atoms with van der Waals surface area (Å²) in [5.74, 6) is 0.514. The predicted molar refractivity (Wildman–Crippen MR) is 111 cm³/mol. The minimum absolute atomic E-state index is 0.0212. The Labute approximate surface area is 167 Å². The number of carbonyl (C=O) groups is 2. The molecule has 2 rings (SSSR count). The van der Waals surface area contributed by atoms with Gasteiger partial charge in [0.15, 0.2) is 0 Å². The SMILES string of the molecule is COc1ccc(CC(=O)N(Cc2ccc(C)cc2)[C@@H](C)C(=O)NC(C)C)cc1. The molecular weight excluding hydrogens is 352 g/mol. The first-order chi connectivity index (χ1) is 13.3. The van der Waals surface area contributed by atoms with Gasteiger partial charge in [-0.3, -0.25) is 9.59 Å². The Morgan fingerprint density at radius 1 is 0.964 bits per heavy atom. The van der Waals surface area contributed by atoms with Crippen LogP contribution in [-0.4, -0.2) is 35.9 Å². The molecule has 0 heterocycles. The van der Waals surface area contributed by atoms with Crippen LogP contribution in [0.5, 0.6) is 5.75 Å². The molecule has 0 saturated carbocycles. The Balaban J connectivity index is 2.20. The number of hydrogen-bond donors (Lipinski definition) is 1. The largest absolute Gasteiger partial charge is 0.497 e. The van der Waals surface area contributed by atoms with Crippen LogP contribution in [0.4, 0.5) is 0 Å². The van der Waals surface area contributed by atoms with Crippen LogP contribution in [0.3, 0.4) is 0 Å². The van der Waals surface area contributed by atoms with Crippen LogP contribution in [0.15, 0.2) is 48.5 Å². The van der Waals surface area contributed by atoms with Crippen LogP contribution in [0.25, 0.3) is 0 Å². The number of amides is 2. The zero-order valence-corrected chi connectivity index (χ0v) is 17.4. The van der Waals surface area contributed by atoms with Gasteiger partial charge in [0.1, 0.15) is 11.8 Å². The predicted octanol–water partition coefficient (Wildman–Crippen LogP) is 3.49. The molecule has 0 unspecified atom stereocenters. The molecule has 0 saturated heterocycles. The molecule has 2 aromatic rings. The Morgan fingerprint density at radius 3 is 2.07 bits per heavy atom. The smallest absolute Gasteiger partial charge is 0.242 e. The second-order valence-corrected chi connectivity index (χ2v) is 7.37. The van der Waals surface area contributed by atoms with E-state index in [9.17, 15) is 9.59 Å². The van der Waals surface area contributed by atoms with Crippen LogP contribution >= 0.6 is 0 Å². The summed E-state index contributed by atoms with van der Waals surface area (Å²) in [5, 5.41) is 2.90. The van der Waals surface area contributed by atoms with Crippen molar-refractivity contribution >= 4 is 11.8 Å². The van der Waals surface area contributed by atoms with Crippen molar-refractivity contribution in [1.82, 2.24) is 10.2 Å². The third kappa shape index (κ3) is 6.12. The maximum absolute atomic E-state index is 13.1. The number of aryl methyl sites for hydroxylation is 1. The van der Waals surface area contributed by atoms with Crippen molar-refractivity contribution in [3.05, 3.63) is 65.2 Å². The molecule has 0 aliphatic heterocycles. The average Bonchev–Trinajstić information content (AvgIpc) is 2.67. The van der Waals surface area contributed by atoms with Gasteiger partial charge < -0.3 is 15.0 Å². The molecule has 0 bridgehead atoms. The Kier molecular flexibility index (Phi) is 7.61. The molecular formula is C23H30N2O3. The van der Waals surface area contributed by atoms with Crippen LogP contribution < -0.4 is 10.1 Å². The molecule has 0 aliphatic carbocycles. The van der Waals surface area contributed by atoms with Crippen LogP contribution in [0.1, 0.15) is 37.5 Å². The Bertz CT molecular complexity index is 782. The molecule has 2 amide bonds. The number of ether oxygens (including phenoxy) is 1. The first kappa shape index (κ1) is 21.5. The first-order valence-corrected chi connectivity index (χ1v) is 9.58. The number of hydrogen-bond acceptors (Lipinski definition) is 3. The van der Waals surface area contributed by atoms with E-state index in [1.165, 1.54) is 0 Å². The standard InChI is InChI=1S/C23H30N2O3/c1-16(2)24-23(27)18(4)25(15-20-8-6-17(3)7-9-20)22(26)14-19-10-12-21(28-5)13-11-19/h6-13,16,18H,14-15H2,1-5H3,(H,24,27)/t18-/m0/s1. The van der Waals surface area contributed by atoms with Gasteiger partial charge >= 0.3 is 0 Å². The number of nitrogens with one attached hydrogen (secondary N) is 1. The van der Waals surface area contributed by atoms with E-state index in [-0.39, 0.29) is 24.3 Å². The van der Waals surface area contributed by atoms with Crippen LogP contribution in [-0.2, 0) is 22.6 Å². The first-order valence-electron chi connectivity index (χ1n) is 9.58. The number of carbonyl (C=O) groups excluding carboxylic acids is 2. The van der Waals surface area contributed by atoms with Crippen molar-refractivity contribution in [3.8, 4) is 5.75 Å². The zero-order valence-electron chi connectivity index (χ0n) is 17.4. The lowest BCUT2D eigenvalue weighted by molar-refractivity contribution is -0.140. The molecule has 5 nitrogen and oxygen atoms in total. The number of benzene rings is 2. The molecule has 0 aliphatic rings. The lowest BCUT2D eigenvalue weighted by Gasteiger charge is -2.29. The zero-order chi connectivity index (χ0) is 20.7. The molecule has 1 N–H and O–H groups in total. The van der Waals surface area contributed by atoms with Gasteiger partial charge in [-0.1, -0.05) is 42.0 Å². The summed E-state index contributed by atoms with van der Waals surface area (Å²) in [6, 6.07) is 14.9. The van der Waals surface area contributed by atoms with E-state index in [4.69, 9.17) is 4.74 Å². The maximum Gasteiger partial charge on any atom is 0.242 e. The van der Waals surface area contributed by atoms with Gasteiger partial charge in [0.2, 0.25) is 11.8 Å². The van der Waals surface area contributed by atoms with Crippen molar-refractivity contribution in [2.75, 3.05) is 7.11 Å². The van der Waals surface area contributed by atoms with Gasteiger partial charge in [-0.05, 0) is 51.0 Å². The number of rotatable bonds is 8. The fourth-order valence-corrected chi connectivity index (χ4v) is 2.90. The normalized spacial score (nSPS) is 11.8. The van der Waals surface area contributed by atoms with Gasteiger partial charge in [0.25, 0.3) is 0 Å². The molecule has 0 fully saturated rings. The molecule has 1 atom stereocenters.